The molecule has 29 heavy (non-hydrogen) atoms. The molecule has 0 unspecified atom stereocenters. The lowest BCUT2D eigenvalue weighted by Gasteiger charge is -2.08. The van der Waals surface area contributed by atoms with E-state index in [1.165, 1.54) is 19.2 Å². The normalized spacial score (nSPS) is 10.8. The summed E-state index contributed by atoms with van der Waals surface area (Å²) in [6.45, 7) is 0. The highest BCUT2D eigenvalue weighted by Crippen LogP contribution is 2.31. The number of aromatic nitrogens is 1. The van der Waals surface area contributed by atoms with Crippen LogP contribution in [0.15, 0.2) is 63.9 Å². The van der Waals surface area contributed by atoms with E-state index in [9.17, 15) is 19.7 Å². The molecular weight excluding hydrogens is 380 g/mol. The summed E-state index contributed by atoms with van der Waals surface area (Å²) in [5, 5.41) is 12.0. The molecule has 4 rings (SSSR count). The highest BCUT2D eigenvalue weighted by atomic mass is 16.6. The Labute approximate surface area is 162 Å². The molecule has 0 atom stereocenters. The zero-order valence-electron chi connectivity index (χ0n) is 14.9. The number of carbonyl (C=O) groups excluding carboxylic acids is 1. The fourth-order valence-corrected chi connectivity index (χ4v) is 2.90. The molecule has 0 saturated heterocycles. The number of hydrogen-bond donors (Lipinski definition) is 0. The van der Waals surface area contributed by atoms with Crippen molar-refractivity contribution in [2.75, 3.05) is 7.11 Å². The fourth-order valence-electron chi connectivity index (χ4n) is 2.90. The highest BCUT2D eigenvalue weighted by Gasteiger charge is 2.21. The van der Waals surface area contributed by atoms with Gasteiger partial charge in [0, 0.05) is 23.0 Å². The number of non-ortho nitro benzene ring substituents is 1. The van der Waals surface area contributed by atoms with E-state index in [-0.39, 0.29) is 28.2 Å². The molecule has 0 aliphatic heterocycles. The second-order valence-corrected chi connectivity index (χ2v) is 5.99. The van der Waals surface area contributed by atoms with Gasteiger partial charge >= 0.3 is 11.6 Å². The third-order valence-corrected chi connectivity index (χ3v) is 4.23. The lowest BCUT2D eigenvalue weighted by atomic mass is 10.1. The van der Waals surface area contributed by atoms with Crippen LogP contribution in [0, 0.1) is 10.1 Å². The van der Waals surface area contributed by atoms with Gasteiger partial charge in [-0.15, -0.1) is 0 Å². The Morgan fingerprint density at radius 2 is 1.90 bits per heavy atom. The number of benzene rings is 2. The number of methoxy groups -OCH3 is 1. The maximum atomic E-state index is 12.6. The first-order valence-electron chi connectivity index (χ1n) is 8.34. The van der Waals surface area contributed by atoms with E-state index >= 15 is 0 Å². The summed E-state index contributed by atoms with van der Waals surface area (Å²) in [5.74, 6) is -0.794. The SMILES string of the molecule is COc1cc([N+](=O)[O-])cc2cc(C(=O)Oc3cccc4cccnc34)c(=O)oc12. The van der Waals surface area contributed by atoms with E-state index in [0.717, 1.165) is 11.5 Å². The number of esters is 1. The van der Waals surface area contributed by atoms with Crippen molar-refractivity contribution < 1.29 is 23.6 Å². The predicted molar refractivity (Wildman–Crippen MR) is 102 cm³/mol. The molecule has 0 bridgehead atoms. The number of nitrogens with zero attached hydrogens (tertiary/aromatic N) is 2. The van der Waals surface area contributed by atoms with Crippen LogP contribution in [0.2, 0.25) is 0 Å². The Morgan fingerprint density at radius 1 is 1.10 bits per heavy atom. The van der Waals surface area contributed by atoms with Gasteiger partial charge in [0.25, 0.3) is 5.69 Å². The molecule has 0 amide bonds. The van der Waals surface area contributed by atoms with Gasteiger partial charge in [0.15, 0.2) is 17.1 Å². The van der Waals surface area contributed by atoms with Gasteiger partial charge in [0.1, 0.15) is 11.1 Å². The van der Waals surface area contributed by atoms with Crippen LogP contribution in [-0.2, 0) is 0 Å². The molecule has 4 aromatic rings. The first-order valence-corrected chi connectivity index (χ1v) is 8.34. The lowest BCUT2D eigenvalue weighted by molar-refractivity contribution is -0.384. The standard InChI is InChI=1S/C20H12N2O7/c1-27-16-10-13(22(25)26)8-12-9-14(20(24)29-18(12)16)19(23)28-15-6-2-4-11-5-3-7-21-17(11)15/h2-10H,1H3. The van der Waals surface area contributed by atoms with Crippen molar-refractivity contribution in [3.05, 3.63) is 80.8 Å². The number of para-hydroxylation sites is 1. The third kappa shape index (κ3) is 3.25. The second-order valence-electron chi connectivity index (χ2n) is 5.99. The summed E-state index contributed by atoms with van der Waals surface area (Å²) in [4.78, 5) is 39.7. The molecule has 2 heterocycles. The van der Waals surface area contributed by atoms with Gasteiger partial charge in [-0.3, -0.25) is 15.1 Å². The Balaban J connectivity index is 1.80. The minimum absolute atomic E-state index is 0.00414. The summed E-state index contributed by atoms with van der Waals surface area (Å²) in [5.41, 5.74) is -1.20. The van der Waals surface area contributed by atoms with Gasteiger partial charge in [-0.05, 0) is 18.2 Å². The second kappa shape index (κ2) is 7.04. The number of nitro groups is 1. The molecule has 0 aliphatic rings. The topological polar surface area (TPSA) is 122 Å². The van der Waals surface area contributed by atoms with Crippen molar-refractivity contribution in [3.63, 3.8) is 0 Å². The summed E-state index contributed by atoms with van der Waals surface area (Å²) >= 11 is 0. The van der Waals surface area contributed by atoms with E-state index in [2.05, 4.69) is 4.98 Å². The molecule has 9 heteroatoms. The number of hydrogen-bond acceptors (Lipinski definition) is 8. The van der Waals surface area contributed by atoms with Gasteiger partial charge in [-0.1, -0.05) is 18.2 Å². The number of pyridine rings is 1. The van der Waals surface area contributed by atoms with Crippen LogP contribution >= 0.6 is 0 Å². The number of nitro benzene ring substituents is 1. The average Bonchev–Trinajstić information content (AvgIpc) is 2.72. The molecule has 0 N–H and O–H groups in total. The van der Waals surface area contributed by atoms with E-state index in [1.54, 1.807) is 36.5 Å². The molecular formula is C20H12N2O7. The van der Waals surface area contributed by atoms with Crippen molar-refractivity contribution in [1.82, 2.24) is 4.98 Å². The van der Waals surface area contributed by atoms with Gasteiger partial charge < -0.3 is 13.9 Å². The third-order valence-electron chi connectivity index (χ3n) is 4.23. The number of fused-ring (bicyclic) bond motifs is 2. The van der Waals surface area contributed by atoms with E-state index in [4.69, 9.17) is 13.9 Å². The molecule has 2 aromatic heterocycles. The maximum Gasteiger partial charge on any atom is 0.351 e. The average molecular weight is 392 g/mol. The first-order chi connectivity index (χ1) is 14.0. The minimum atomic E-state index is -0.968. The van der Waals surface area contributed by atoms with Crippen LogP contribution in [0.1, 0.15) is 10.4 Å². The van der Waals surface area contributed by atoms with Crippen LogP contribution in [0.5, 0.6) is 11.5 Å². The van der Waals surface area contributed by atoms with Crippen molar-refractivity contribution in [1.29, 1.82) is 0 Å². The van der Waals surface area contributed by atoms with Crippen molar-refractivity contribution in [2.24, 2.45) is 0 Å². The van der Waals surface area contributed by atoms with Gasteiger partial charge in [0.2, 0.25) is 0 Å². The summed E-state index contributed by atoms with van der Waals surface area (Å²) < 4.78 is 15.6. The maximum absolute atomic E-state index is 12.6. The molecule has 144 valence electrons. The summed E-state index contributed by atoms with van der Waals surface area (Å²) in [6.07, 6.45) is 1.55. The van der Waals surface area contributed by atoms with Gasteiger partial charge in [0.05, 0.1) is 18.1 Å². The first kappa shape index (κ1) is 18.1. The Kier molecular flexibility index (Phi) is 4.40. The van der Waals surface area contributed by atoms with Crippen LogP contribution < -0.4 is 15.1 Å². The predicted octanol–water partition coefficient (Wildman–Crippen LogP) is 3.48. The zero-order valence-corrected chi connectivity index (χ0v) is 14.9. The molecule has 0 saturated carbocycles. The number of rotatable bonds is 4. The Bertz CT molecular complexity index is 1340. The van der Waals surface area contributed by atoms with Gasteiger partial charge in [-0.2, -0.15) is 0 Å². The largest absolute Gasteiger partial charge is 0.493 e. The minimum Gasteiger partial charge on any atom is -0.493 e. The Morgan fingerprint density at radius 3 is 2.66 bits per heavy atom. The van der Waals surface area contributed by atoms with Crippen molar-refractivity contribution in [2.45, 2.75) is 0 Å². The van der Waals surface area contributed by atoms with Gasteiger partial charge in [-0.25, -0.2) is 9.59 Å². The summed E-state index contributed by atoms with van der Waals surface area (Å²) in [7, 11) is 1.29. The van der Waals surface area contributed by atoms with Crippen molar-refractivity contribution in [3.8, 4) is 11.5 Å². The monoisotopic (exact) mass is 392 g/mol. The van der Waals surface area contributed by atoms with E-state index < -0.39 is 22.1 Å². The van der Waals surface area contributed by atoms with Crippen LogP contribution in [0.4, 0.5) is 5.69 Å². The van der Waals surface area contributed by atoms with E-state index in [1.807, 2.05) is 0 Å². The van der Waals surface area contributed by atoms with Crippen molar-refractivity contribution >= 4 is 33.5 Å². The summed E-state index contributed by atoms with van der Waals surface area (Å²) in [6, 6.07) is 12.1. The fraction of sp³-hybridized carbons (Fsp3) is 0.0500. The van der Waals surface area contributed by atoms with Crippen LogP contribution in [-0.4, -0.2) is 23.0 Å². The number of ether oxygens (including phenoxy) is 2. The quantitative estimate of drug-likeness (QED) is 0.170. The highest BCUT2D eigenvalue weighted by molar-refractivity contribution is 5.97. The van der Waals surface area contributed by atoms with Crippen LogP contribution in [0.3, 0.4) is 0 Å². The molecule has 0 fully saturated rings. The van der Waals surface area contributed by atoms with Crippen LogP contribution in [0.25, 0.3) is 21.9 Å². The zero-order chi connectivity index (χ0) is 20.5. The molecule has 9 nitrogen and oxygen atoms in total. The molecule has 0 aliphatic carbocycles. The molecule has 0 radical (unpaired) electrons. The molecule has 2 aromatic carbocycles. The Hall–Kier alpha value is -4.27. The lowest BCUT2D eigenvalue weighted by Crippen LogP contribution is -2.19. The van der Waals surface area contributed by atoms with E-state index in [0.29, 0.717) is 5.52 Å². The number of carbonyl (C=O) groups is 1. The molecule has 0 spiro atoms. The smallest absolute Gasteiger partial charge is 0.351 e.